The van der Waals surface area contributed by atoms with Crippen LogP contribution in [0.4, 0.5) is 5.69 Å². The average molecular weight is 306 g/mol. The highest BCUT2D eigenvalue weighted by molar-refractivity contribution is 6.05. The molecule has 114 valence electrons. The number of phenolic OH excluding ortho intramolecular Hbond substituents is 1. The topological polar surface area (TPSA) is 98.1 Å². The number of aromatic nitrogens is 1. The van der Waals surface area contributed by atoms with Crippen LogP contribution in [0.15, 0.2) is 54.6 Å². The molecule has 6 nitrogen and oxygen atoms in total. The van der Waals surface area contributed by atoms with Crippen molar-refractivity contribution in [2.24, 2.45) is 0 Å². The fraction of sp³-hybridized carbons (Fsp3) is 0. The van der Waals surface area contributed by atoms with Gasteiger partial charge >= 0.3 is 0 Å². The third kappa shape index (κ3) is 2.96. The van der Waals surface area contributed by atoms with Gasteiger partial charge in [-0.05, 0) is 12.1 Å². The van der Waals surface area contributed by atoms with E-state index in [-0.39, 0.29) is 11.7 Å². The molecule has 0 spiro atoms. The molecule has 6 heteroatoms. The number of benzene rings is 2. The fourth-order valence-electron chi connectivity index (χ4n) is 2.32. The number of nitrogens with zero attached hydrogens (tertiary/aromatic N) is 1. The molecular weight excluding hydrogens is 292 g/mol. The zero-order valence-electron chi connectivity index (χ0n) is 12.1. The first-order valence-electron chi connectivity index (χ1n) is 6.93. The standard InChI is InChI=1S/C17H14N4O2/c18-17(19-10-22)21-14-9-13(11-5-2-1-3-6-11)20-16-12(14)7-4-8-15(16)23/h1-10,23H,(H3,18,19,20,21,22). The van der Waals surface area contributed by atoms with E-state index in [1.165, 1.54) is 0 Å². The van der Waals surface area contributed by atoms with Gasteiger partial charge in [0.15, 0.2) is 5.96 Å². The SMILES string of the molecule is N=C(NC=O)Nc1cc(-c2ccccc2)nc2c(O)cccc12. The summed E-state index contributed by atoms with van der Waals surface area (Å²) in [4.78, 5) is 15.0. The smallest absolute Gasteiger partial charge is 0.213 e. The summed E-state index contributed by atoms with van der Waals surface area (Å²) in [5.41, 5.74) is 2.54. The Bertz CT molecular complexity index is 878. The lowest BCUT2D eigenvalue weighted by Gasteiger charge is -2.12. The monoisotopic (exact) mass is 306 g/mol. The van der Waals surface area contributed by atoms with Crippen LogP contribution >= 0.6 is 0 Å². The van der Waals surface area contributed by atoms with Gasteiger partial charge < -0.3 is 10.4 Å². The highest BCUT2D eigenvalue weighted by atomic mass is 16.3. The summed E-state index contributed by atoms with van der Waals surface area (Å²) in [7, 11) is 0. The third-order valence-electron chi connectivity index (χ3n) is 3.35. The van der Waals surface area contributed by atoms with Gasteiger partial charge in [0, 0.05) is 10.9 Å². The minimum Gasteiger partial charge on any atom is -0.506 e. The molecule has 3 rings (SSSR count). The molecule has 1 heterocycles. The second kappa shape index (κ2) is 6.15. The van der Waals surface area contributed by atoms with Crippen molar-refractivity contribution in [3.63, 3.8) is 0 Å². The molecule has 0 bridgehead atoms. The first-order valence-corrected chi connectivity index (χ1v) is 6.93. The van der Waals surface area contributed by atoms with Crippen LogP contribution in [0.25, 0.3) is 22.2 Å². The molecule has 0 aliphatic carbocycles. The summed E-state index contributed by atoms with van der Waals surface area (Å²) in [6, 6.07) is 16.3. The molecule has 1 amide bonds. The highest BCUT2D eigenvalue weighted by Crippen LogP contribution is 2.32. The summed E-state index contributed by atoms with van der Waals surface area (Å²) in [6.45, 7) is 0. The molecule has 0 saturated carbocycles. The van der Waals surface area contributed by atoms with E-state index in [0.29, 0.717) is 28.7 Å². The van der Waals surface area contributed by atoms with Gasteiger partial charge in [-0.3, -0.25) is 15.5 Å². The van der Waals surface area contributed by atoms with Crippen molar-refractivity contribution in [2.75, 3.05) is 5.32 Å². The summed E-state index contributed by atoms with van der Waals surface area (Å²) >= 11 is 0. The normalized spacial score (nSPS) is 10.3. The van der Waals surface area contributed by atoms with Crippen LogP contribution in [0.1, 0.15) is 0 Å². The highest BCUT2D eigenvalue weighted by Gasteiger charge is 2.11. The number of amides is 1. The number of aromatic hydroxyl groups is 1. The number of hydrogen-bond acceptors (Lipinski definition) is 4. The molecule has 0 unspecified atom stereocenters. The third-order valence-corrected chi connectivity index (χ3v) is 3.35. The maximum Gasteiger partial charge on any atom is 0.213 e. The van der Waals surface area contributed by atoms with E-state index in [9.17, 15) is 9.90 Å². The van der Waals surface area contributed by atoms with Gasteiger partial charge in [-0.2, -0.15) is 0 Å². The van der Waals surface area contributed by atoms with E-state index in [1.807, 2.05) is 30.3 Å². The number of fused-ring (bicyclic) bond motifs is 1. The number of carbonyl (C=O) groups is 1. The number of nitrogens with one attached hydrogen (secondary N) is 3. The predicted molar refractivity (Wildman–Crippen MR) is 89.4 cm³/mol. The van der Waals surface area contributed by atoms with Gasteiger partial charge in [0.25, 0.3) is 0 Å². The van der Waals surface area contributed by atoms with Gasteiger partial charge in [-0.1, -0.05) is 42.5 Å². The zero-order chi connectivity index (χ0) is 16.2. The fourth-order valence-corrected chi connectivity index (χ4v) is 2.32. The van der Waals surface area contributed by atoms with Crippen molar-refractivity contribution >= 4 is 29.0 Å². The lowest BCUT2D eigenvalue weighted by atomic mass is 10.1. The molecule has 23 heavy (non-hydrogen) atoms. The number of para-hydroxylation sites is 1. The molecule has 0 saturated heterocycles. The van der Waals surface area contributed by atoms with Gasteiger partial charge in [0.05, 0.1) is 11.4 Å². The van der Waals surface area contributed by atoms with Crippen molar-refractivity contribution in [3.05, 3.63) is 54.6 Å². The minimum absolute atomic E-state index is 0.0539. The molecule has 0 aliphatic heterocycles. The zero-order valence-corrected chi connectivity index (χ0v) is 12.1. The molecule has 0 fully saturated rings. The number of rotatable bonds is 3. The van der Waals surface area contributed by atoms with E-state index in [4.69, 9.17) is 5.41 Å². The van der Waals surface area contributed by atoms with Crippen LogP contribution in [0, 0.1) is 5.41 Å². The first kappa shape index (κ1) is 14.5. The largest absolute Gasteiger partial charge is 0.506 e. The summed E-state index contributed by atoms with van der Waals surface area (Å²) < 4.78 is 0. The summed E-state index contributed by atoms with van der Waals surface area (Å²) in [6.07, 6.45) is 0.425. The maximum atomic E-state index is 10.5. The molecule has 1 aromatic heterocycles. The number of guanidine groups is 1. The Kier molecular flexibility index (Phi) is 3.88. The molecule has 2 aromatic carbocycles. The van der Waals surface area contributed by atoms with Gasteiger partial charge in [0.1, 0.15) is 11.3 Å². The van der Waals surface area contributed by atoms with Crippen LogP contribution in [0.5, 0.6) is 5.75 Å². The molecule has 0 atom stereocenters. The van der Waals surface area contributed by atoms with Crippen LogP contribution in [0.3, 0.4) is 0 Å². The van der Waals surface area contributed by atoms with E-state index < -0.39 is 0 Å². The van der Waals surface area contributed by atoms with Gasteiger partial charge in [-0.15, -0.1) is 0 Å². The lowest BCUT2D eigenvalue weighted by molar-refractivity contribution is -0.108. The second-order valence-electron chi connectivity index (χ2n) is 4.86. The first-order chi connectivity index (χ1) is 11.2. The molecule has 4 N–H and O–H groups in total. The molecule has 3 aromatic rings. The van der Waals surface area contributed by atoms with E-state index >= 15 is 0 Å². The summed E-state index contributed by atoms with van der Waals surface area (Å²) in [5, 5.41) is 23.5. The Balaban J connectivity index is 2.18. The van der Waals surface area contributed by atoms with Crippen molar-refractivity contribution in [3.8, 4) is 17.0 Å². The van der Waals surface area contributed by atoms with E-state index in [1.54, 1.807) is 24.3 Å². The summed E-state index contributed by atoms with van der Waals surface area (Å²) in [5.74, 6) is -0.104. The van der Waals surface area contributed by atoms with Crippen LogP contribution in [-0.2, 0) is 4.79 Å². The minimum atomic E-state index is -0.158. The van der Waals surface area contributed by atoms with Crippen LogP contribution in [-0.4, -0.2) is 22.5 Å². The van der Waals surface area contributed by atoms with E-state index in [0.717, 1.165) is 5.56 Å². The Morgan fingerprint density at radius 2 is 1.91 bits per heavy atom. The quantitative estimate of drug-likeness (QED) is 0.340. The Morgan fingerprint density at radius 3 is 2.65 bits per heavy atom. The molecular formula is C17H14N4O2. The predicted octanol–water partition coefficient (Wildman–Crippen LogP) is 2.70. The van der Waals surface area contributed by atoms with E-state index in [2.05, 4.69) is 15.6 Å². The Morgan fingerprint density at radius 1 is 1.13 bits per heavy atom. The molecule has 0 aliphatic rings. The lowest BCUT2D eigenvalue weighted by Crippen LogP contribution is -2.28. The Hall–Kier alpha value is -3.41. The van der Waals surface area contributed by atoms with Crippen molar-refractivity contribution < 1.29 is 9.90 Å². The van der Waals surface area contributed by atoms with Crippen molar-refractivity contribution in [1.82, 2.24) is 10.3 Å². The van der Waals surface area contributed by atoms with Crippen LogP contribution in [0.2, 0.25) is 0 Å². The number of anilines is 1. The number of pyridine rings is 1. The van der Waals surface area contributed by atoms with Crippen molar-refractivity contribution in [2.45, 2.75) is 0 Å². The van der Waals surface area contributed by atoms with Crippen LogP contribution < -0.4 is 10.6 Å². The van der Waals surface area contributed by atoms with Crippen molar-refractivity contribution in [1.29, 1.82) is 5.41 Å². The van der Waals surface area contributed by atoms with Gasteiger partial charge in [-0.25, -0.2) is 4.98 Å². The number of carbonyl (C=O) groups excluding carboxylic acids is 1. The van der Waals surface area contributed by atoms with Gasteiger partial charge in [0.2, 0.25) is 6.41 Å². The maximum absolute atomic E-state index is 10.5. The molecule has 0 radical (unpaired) electrons. The number of phenols is 1. The Labute approximate surface area is 132 Å². The number of hydrogen-bond donors (Lipinski definition) is 4. The second-order valence-corrected chi connectivity index (χ2v) is 4.86. The average Bonchev–Trinajstić information content (AvgIpc) is 2.56.